The number of carbonyl (C=O) groups is 3. The van der Waals surface area contributed by atoms with E-state index in [-0.39, 0.29) is 24.0 Å². The highest BCUT2D eigenvalue weighted by Crippen LogP contribution is 2.30. The van der Waals surface area contributed by atoms with Gasteiger partial charge in [-0.2, -0.15) is 5.10 Å². The van der Waals surface area contributed by atoms with Crippen molar-refractivity contribution in [3.05, 3.63) is 71.3 Å². The molecule has 2 amide bonds. The van der Waals surface area contributed by atoms with Crippen LogP contribution in [0.5, 0.6) is 0 Å². The van der Waals surface area contributed by atoms with Gasteiger partial charge in [0.05, 0.1) is 17.1 Å². The number of halogens is 1. The van der Waals surface area contributed by atoms with Crippen LogP contribution in [-0.2, 0) is 27.2 Å². The van der Waals surface area contributed by atoms with E-state index < -0.39 is 18.0 Å². The number of ether oxygens (including phenoxy) is 1. The van der Waals surface area contributed by atoms with E-state index in [1.54, 1.807) is 41.1 Å². The molecule has 1 aromatic heterocycles. The van der Waals surface area contributed by atoms with Crippen LogP contribution in [0.1, 0.15) is 41.5 Å². The number of para-hydroxylation sites is 2. The molecule has 1 aliphatic heterocycles. The zero-order chi connectivity index (χ0) is 23.8. The lowest BCUT2D eigenvalue weighted by atomic mass is 9.95. The van der Waals surface area contributed by atoms with E-state index in [4.69, 9.17) is 4.74 Å². The van der Waals surface area contributed by atoms with Gasteiger partial charge in [-0.1, -0.05) is 12.1 Å². The van der Waals surface area contributed by atoms with Crippen molar-refractivity contribution in [3.8, 4) is 5.69 Å². The van der Waals surface area contributed by atoms with Crippen LogP contribution in [-0.4, -0.2) is 40.2 Å². The number of nitrogens with zero attached hydrogens (tertiary/aromatic N) is 3. The third-order valence-corrected chi connectivity index (χ3v) is 6.11. The Balaban J connectivity index is 1.40. The Morgan fingerprint density at radius 2 is 1.82 bits per heavy atom. The summed E-state index contributed by atoms with van der Waals surface area (Å²) in [7, 11) is 0. The molecule has 2 aromatic carbocycles. The molecule has 8 nitrogen and oxygen atoms in total. The molecule has 0 fully saturated rings. The molecule has 174 valence electrons. The molecule has 3 aromatic rings. The lowest BCUT2D eigenvalue weighted by Gasteiger charge is -2.30. The number of nitrogens with one attached hydrogen (secondary N) is 1. The largest absolute Gasteiger partial charge is 0.448 e. The van der Waals surface area contributed by atoms with Crippen LogP contribution in [0.2, 0.25) is 0 Å². The predicted octanol–water partition coefficient (Wildman–Crippen LogP) is 3.42. The fourth-order valence-corrected chi connectivity index (χ4v) is 4.47. The van der Waals surface area contributed by atoms with E-state index in [1.807, 2.05) is 0 Å². The lowest BCUT2D eigenvalue weighted by Crippen LogP contribution is -2.47. The number of amides is 2. The molecule has 1 atom stereocenters. The summed E-state index contributed by atoms with van der Waals surface area (Å²) in [5.74, 6) is -1.88. The summed E-state index contributed by atoms with van der Waals surface area (Å²) in [5.41, 5.74) is 3.58. The first-order valence-corrected chi connectivity index (χ1v) is 11.2. The quantitative estimate of drug-likeness (QED) is 0.600. The monoisotopic (exact) mass is 462 g/mol. The third kappa shape index (κ3) is 3.93. The second-order valence-electron chi connectivity index (χ2n) is 8.41. The molecular formula is C25H23FN4O4. The second-order valence-corrected chi connectivity index (χ2v) is 8.41. The van der Waals surface area contributed by atoms with Gasteiger partial charge in [-0.25, -0.2) is 13.9 Å². The molecule has 9 heteroatoms. The molecule has 0 saturated carbocycles. The zero-order valence-electron chi connectivity index (χ0n) is 18.6. The summed E-state index contributed by atoms with van der Waals surface area (Å²) >= 11 is 0. The van der Waals surface area contributed by atoms with Gasteiger partial charge in [0.15, 0.2) is 11.8 Å². The van der Waals surface area contributed by atoms with E-state index in [0.29, 0.717) is 23.5 Å². The number of anilines is 2. The molecule has 5 rings (SSSR count). The van der Waals surface area contributed by atoms with Crippen molar-refractivity contribution in [2.75, 3.05) is 16.8 Å². The van der Waals surface area contributed by atoms with Gasteiger partial charge in [0.2, 0.25) is 5.91 Å². The molecule has 0 radical (unpaired) electrons. The molecule has 0 bridgehead atoms. The zero-order valence-corrected chi connectivity index (χ0v) is 18.6. The van der Waals surface area contributed by atoms with Crippen molar-refractivity contribution in [1.82, 2.24) is 9.78 Å². The molecule has 2 aliphatic rings. The fraction of sp³-hybridized carbons (Fsp3) is 0.280. The molecule has 0 spiro atoms. The SMILES string of the molecule is CC(OC(=O)c1nn(-c2ccc(F)cc2)c2c1CCCC2)C(=O)N1CC(=O)Nc2ccccc21. The molecule has 34 heavy (non-hydrogen) atoms. The number of esters is 1. The van der Waals surface area contributed by atoms with E-state index >= 15 is 0 Å². The molecule has 0 saturated heterocycles. The fourth-order valence-electron chi connectivity index (χ4n) is 4.47. The Morgan fingerprint density at radius 3 is 2.62 bits per heavy atom. The Bertz CT molecular complexity index is 1280. The smallest absolute Gasteiger partial charge is 0.359 e. The van der Waals surface area contributed by atoms with E-state index in [2.05, 4.69) is 10.4 Å². The summed E-state index contributed by atoms with van der Waals surface area (Å²) < 4.78 is 20.6. The predicted molar refractivity (Wildman–Crippen MR) is 122 cm³/mol. The number of rotatable bonds is 4. The van der Waals surface area contributed by atoms with Crippen molar-refractivity contribution in [2.24, 2.45) is 0 Å². The first-order valence-electron chi connectivity index (χ1n) is 11.2. The maximum atomic E-state index is 13.4. The van der Waals surface area contributed by atoms with Gasteiger partial charge >= 0.3 is 5.97 Å². The summed E-state index contributed by atoms with van der Waals surface area (Å²) in [6, 6.07) is 12.9. The topological polar surface area (TPSA) is 93.5 Å². The Hall–Kier alpha value is -4.01. The van der Waals surface area contributed by atoms with E-state index in [1.165, 1.54) is 24.0 Å². The van der Waals surface area contributed by atoms with Gasteiger partial charge in [0.1, 0.15) is 12.4 Å². The summed E-state index contributed by atoms with van der Waals surface area (Å²) in [6.45, 7) is 1.32. The molecular weight excluding hydrogens is 439 g/mol. The molecule has 1 N–H and O–H groups in total. The van der Waals surface area contributed by atoms with Crippen LogP contribution >= 0.6 is 0 Å². The lowest BCUT2D eigenvalue weighted by molar-refractivity contribution is -0.128. The summed E-state index contributed by atoms with van der Waals surface area (Å²) in [5, 5.41) is 7.22. The average Bonchev–Trinajstić information content (AvgIpc) is 3.23. The summed E-state index contributed by atoms with van der Waals surface area (Å²) in [4.78, 5) is 39.6. The van der Waals surface area contributed by atoms with Crippen LogP contribution in [0.15, 0.2) is 48.5 Å². The first-order chi connectivity index (χ1) is 16.4. The maximum absolute atomic E-state index is 13.4. The van der Waals surface area contributed by atoms with Crippen LogP contribution in [0, 0.1) is 5.82 Å². The van der Waals surface area contributed by atoms with Gasteiger partial charge < -0.3 is 10.1 Å². The first kappa shape index (κ1) is 21.8. The highest BCUT2D eigenvalue weighted by molar-refractivity contribution is 6.11. The minimum atomic E-state index is -1.12. The van der Waals surface area contributed by atoms with Crippen molar-refractivity contribution >= 4 is 29.2 Å². The minimum absolute atomic E-state index is 0.160. The second kappa shape index (κ2) is 8.74. The molecule has 2 heterocycles. The van der Waals surface area contributed by atoms with Crippen LogP contribution in [0.3, 0.4) is 0 Å². The highest BCUT2D eigenvalue weighted by atomic mass is 19.1. The van der Waals surface area contributed by atoms with E-state index in [0.717, 1.165) is 30.5 Å². The van der Waals surface area contributed by atoms with Crippen LogP contribution in [0.4, 0.5) is 15.8 Å². The normalized spacial score (nSPS) is 15.7. The Kier molecular flexibility index (Phi) is 5.61. The van der Waals surface area contributed by atoms with Crippen molar-refractivity contribution in [2.45, 2.75) is 38.7 Å². The standard InChI is InChI=1S/C25H23FN4O4/c1-15(24(32)29-14-22(31)27-19-7-3-5-9-21(19)29)34-25(33)23-18-6-2-4-8-20(18)30(28-23)17-12-10-16(26)11-13-17/h3,5,7,9-13,15H,2,4,6,8,14H2,1H3,(H,27,31). The number of hydrogen-bond donors (Lipinski definition) is 1. The molecule has 1 unspecified atom stereocenters. The summed E-state index contributed by atoms with van der Waals surface area (Å²) in [6.07, 6.45) is 2.15. The van der Waals surface area contributed by atoms with Crippen molar-refractivity contribution in [3.63, 3.8) is 0 Å². The average molecular weight is 462 g/mol. The van der Waals surface area contributed by atoms with Gasteiger partial charge in [-0.15, -0.1) is 0 Å². The van der Waals surface area contributed by atoms with Crippen molar-refractivity contribution < 1.29 is 23.5 Å². The number of hydrogen-bond acceptors (Lipinski definition) is 5. The number of aromatic nitrogens is 2. The van der Waals surface area contributed by atoms with Crippen molar-refractivity contribution in [1.29, 1.82) is 0 Å². The Morgan fingerprint density at radius 1 is 1.09 bits per heavy atom. The van der Waals surface area contributed by atoms with Crippen LogP contribution in [0.25, 0.3) is 5.69 Å². The highest BCUT2D eigenvalue weighted by Gasteiger charge is 2.33. The van der Waals surface area contributed by atoms with Gasteiger partial charge in [-0.3, -0.25) is 14.5 Å². The minimum Gasteiger partial charge on any atom is -0.448 e. The van der Waals surface area contributed by atoms with Gasteiger partial charge in [-0.05, 0) is 69.0 Å². The Labute approximate surface area is 195 Å². The number of fused-ring (bicyclic) bond motifs is 2. The third-order valence-electron chi connectivity index (χ3n) is 6.11. The number of carbonyl (C=O) groups excluding carboxylic acids is 3. The maximum Gasteiger partial charge on any atom is 0.359 e. The van der Waals surface area contributed by atoms with Gasteiger partial charge in [0.25, 0.3) is 5.91 Å². The van der Waals surface area contributed by atoms with E-state index in [9.17, 15) is 18.8 Å². The van der Waals surface area contributed by atoms with Crippen LogP contribution < -0.4 is 10.2 Å². The number of benzene rings is 2. The molecule has 1 aliphatic carbocycles. The van der Waals surface area contributed by atoms with Gasteiger partial charge in [0, 0.05) is 11.3 Å².